The fourth-order valence-electron chi connectivity index (χ4n) is 2.49. The first-order chi connectivity index (χ1) is 8.12. The van der Waals surface area contributed by atoms with Crippen molar-refractivity contribution in [2.24, 2.45) is 11.8 Å². The van der Waals surface area contributed by atoms with Crippen molar-refractivity contribution in [2.75, 3.05) is 31.9 Å². The molecule has 4 nitrogen and oxygen atoms in total. The molecule has 0 aromatic rings. The Morgan fingerprint density at radius 2 is 2.00 bits per heavy atom. The van der Waals surface area contributed by atoms with Crippen molar-refractivity contribution in [1.82, 2.24) is 9.62 Å². The van der Waals surface area contributed by atoms with Crippen LogP contribution < -0.4 is 5.32 Å². The van der Waals surface area contributed by atoms with Crippen molar-refractivity contribution in [3.63, 3.8) is 0 Å². The average Bonchev–Trinajstić information content (AvgIpc) is 3.10. The second kappa shape index (κ2) is 5.67. The fourth-order valence-corrected chi connectivity index (χ4v) is 4.47. The summed E-state index contributed by atoms with van der Waals surface area (Å²) in [5, 5.41) is 3.35. The molecule has 0 aromatic carbocycles. The van der Waals surface area contributed by atoms with Crippen LogP contribution in [0.25, 0.3) is 0 Å². The number of hydrogen-bond acceptors (Lipinski definition) is 3. The minimum absolute atomic E-state index is 0.376. The van der Waals surface area contributed by atoms with Crippen LogP contribution in [0.3, 0.4) is 0 Å². The number of piperidine rings is 1. The normalized spacial score (nSPS) is 26.4. The molecule has 5 heteroatoms. The van der Waals surface area contributed by atoms with E-state index in [1.807, 2.05) is 6.92 Å². The summed E-state index contributed by atoms with van der Waals surface area (Å²) < 4.78 is 26.1. The second-order valence-electron chi connectivity index (χ2n) is 5.38. The highest BCUT2D eigenvalue weighted by Gasteiger charge is 2.32. The van der Waals surface area contributed by atoms with Gasteiger partial charge in [-0.2, -0.15) is 0 Å². The Hall–Kier alpha value is -0.130. The summed E-state index contributed by atoms with van der Waals surface area (Å²) in [5.74, 6) is 1.32. The van der Waals surface area contributed by atoms with Crippen LogP contribution in [0.2, 0.25) is 0 Å². The van der Waals surface area contributed by atoms with Crippen molar-refractivity contribution in [2.45, 2.75) is 32.6 Å². The molecule has 1 heterocycles. The summed E-state index contributed by atoms with van der Waals surface area (Å²) in [5.41, 5.74) is 0. The molecular formula is C12H24N2O2S. The molecule has 2 fully saturated rings. The minimum atomic E-state index is -3.00. The van der Waals surface area contributed by atoms with E-state index >= 15 is 0 Å². The zero-order chi connectivity index (χ0) is 12.3. The van der Waals surface area contributed by atoms with Gasteiger partial charge in [0.1, 0.15) is 0 Å². The average molecular weight is 260 g/mol. The van der Waals surface area contributed by atoms with Gasteiger partial charge in [0.05, 0.1) is 5.75 Å². The fraction of sp³-hybridized carbons (Fsp3) is 1.00. The maximum absolute atomic E-state index is 12.2. The first-order valence-electron chi connectivity index (χ1n) is 6.80. The molecule has 1 aliphatic heterocycles. The van der Waals surface area contributed by atoms with Crippen LogP contribution in [0.4, 0.5) is 0 Å². The lowest BCUT2D eigenvalue weighted by Gasteiger charge is -2.28. The van der Waals surface area contributed by atoms with Gasteiger partial charge < -0.3 is 5.32 Å². The van der Waals surface area contributed by atoms with Crippen LogP contribution in [0, 0.1) is 11.8 Å². The van der Waals surface area contributed by atoms with E-state index in [2.05, 4.69) is 5.32 Å². The Morgan fingerprint density at radius 1 is 1.24 bits per heavy atom. The van der Waals surface area contributed by atoms with Gasteiger partial charge in [-0.05, 0) is 50.6 Å². The number of hydrogen-bond donors (Lipinski definition) is 1. The van der Waals surface area contributed by atoms with Crippen LogP contribution >= 0.6 is 0 Å². The first-order valence-corrected chi connectivity index (χ1v) is 8.41. The van der Waals surface area contributed by atoms with E-state index in [0.717, 1.165) is 32.4 Å². The van der Waals surface area contributed by atoms with Crippen molar-refractivity contribution >= 4 is 10.0 Å². The molecule has 17 heavy (non-hydrogen) atoms. The van der Waals surface area contributed by atoms with E-state index < -0.39 is 10.0 Å². The van der Waals surface area contributed by atoms with Crippen LogP contribution in [0.1, 0.15) is 32.6 Å². The van der Waals surface area contributed by atoms with E-state index in [-0.39, 0.29) is 0 Å². The number of nitrogens with one attached hydrogen (secondary N) is 1. The number of nitrogens with zero attached hydrogens (tertiary/aromatic N) is 1. The lowest BCUT2D eigenvalue weighted by molar-refractivity contribution is 0.297. The quantitative estimate of drug-likeness (QED) is 0.776. The molecule has 0 bridgehead atoms. The SMILES string of the molecule is CCN(CC1CCCNC1)S(=O)(=O)CC1CC1. The van der Waals surface area contributed by atoms with E-state index in [1.165, 1.54) is 6.42 Å². The number of rotatable bonds is 6. The lowest BCUT2D eigenvalue weighted by atomic mass is 10.00. The standard InChI is InChI=1S/C12H24N2O2S/c1-2-14(9-12-4-3-7-13-8-12)17(15,16)10-11-5-6-11/h11-13H,2-10H2,1H3. The predicted octanol–water partition coefficient (Wildman–Crippen LogP) is 1.05. The second-order valence-corrected chi connectivity index (χ2v) is 7.40. The topological polar surface area (TPSA) is 49.4 Å². The molecule has 1 saturated heterocycles. The smallest absolute Gasteiger partial charge is 0.214 e. The summed E-state index contributed by atoms with van der Waals surface area (Å²) in [7, 11) is -3.00. The molecule has 1 aliphatic carbocycles. The Bertz CT molecular complexity index is 332. The third-order valence-corrected chi connectivity index (χ3v) is 5.84. The van der Waals surface area contributed by atoms with Crippen molar-refractivity contribution in [1.29, 1.82) is 0 Å². The van der Waals surface area contributed by atoms with Gasteiger partial charge in [-0.15, -0.1) is 0 Å². The van der Waals surface area contributed by atoms with E-state index in [4.69, 9.17) is 0 Å². The zero-order valence-electron chi connectivity index (χ0n) is 10.7. The number of sulfonamides is 1. The molecule has 0 aromatic heterocycles. The third-order valence-electron chi connectivity index (χ3n) is 3.75. The molecule has 0 amide bonds. The monoisotopic (exact) mass is 260 g/mol. The van der Waals surface area contributed by atoms with Gasteiger partial charge in [0.25, 0.3) is 0 Å². The van der Waals surface area contributed by atoms with Gasteiger partial charge in [0, 0.05) is 13.1 Å². The van der Waals surface area contributed by atoms with Gasteiger partial charge in [-0.25, -0.2) is 12.7 Å². The molecular weight excluding hydrogens is 236 g/mol. The highest BCUT2D eigenvalue weighted by molar-refractivity contribution is 7.89. The van der Waals surface area contributed by atoms with Crippen molar-refractivity contribution < 1.29 is 8.42 Å². The third kappa shape index (κ3) is 3.93. The molecule has 2 rings (SSSR count). The largest absolute Gasteiger partial charge is 0.316 e. The Labute approximate surface area is 105 Å². The van der Waals surface area contributed by atoms with Crippen LogP contribution in [-0.2, 0) is 10.0 Å². The summed E-state index contributed by atoms with van der Waals surface area (Å²) in [4.78, 5) is 0. The molecule has 1 saturated carbocycles. The maximum atomic E-state index is 12.2. The summed E-state index contributed by atoms with van der Waals surface area (Å²) in [6.07, 6.45) is 4.52. The Balaban J connectivity index is 1.89. The summed E-state index contributed by atoms with van der Waals surface area (Å²) in [6, 6.07) is 0. The summed E-state index contributed by atoms with van der Waals surface area (Å²) in [6.45, 7) is 5.32. The van der Waals surface area contributed by atoms with Gasteiger partial charge in [0.2, 0.25) is 10.0 Å². The minimum Gasteiger partial charge on any atom is -0.316 e. The lowest BCUT2D eigenvalue weighted by Crippen LogP contribution is -2.42. The highest BCUT2D eigenvalue weighted by atomic mass is 32.2. The van der Waals surface area contributed by atoms with Crippen LogP contribution in [-0.4, -0.2) is 44.7 Å². The molecule has 1 atom stereocenters. The maximum Gasteiger partial charge on any atom is 0.214 e. The van der Waals surface area contributed by atoms with E-state index in [1.54, 1.807) is 4.31 Å². The molecule has 2 aliphatic rings. The van der Waals surface area contributed by atoms with Gasteiger partial charge in [-0.3, -0.25) is 0 Å². The molecule has 1 N–H and O–H groups in total. The van der Waals surface area contributed by atoms with Crippen molar-refractivity contribution in [3.05, 3.63) is 0 Å². The zero-order valence-corrected chi connectivity index (χ0v) is 11.5. The van der Waals surface area contributed by atoms with E-state index in [9.17, 15) is 8.42 Å². The van der Waals surface area contributed by atoms with E-state index in [0.29, 0.717) is 30.7 Å². The van der Waals surface area contributed by atoms with Gasteiger partial charge in [0.15, 0.2) is 0 Å². The molecule has 0 spiro atoms. The first kappa shape index (κ1) is 13.3. The van der Waals surface area contributed by atoms with Gasteiger partial charge >= 0.3 is 0 Å². The Morgan fingerprint density at radius 3 is 2.53 bits per heavy atom. The van der Waals surface area contributed by atoms with Gasteiger partial charge in [-0.1, -0.05) is 6.92 Å². The highest BCUT2D eigenvalue weighted by Crippen LogP contribution is 2.31. The summed E-state index contributed by atoms with van der Waals surface area (Å²) >= 11 is 0. The molecule has 100 valence electrons. The van der Waals surface area contributed by atoms with Crippen LogP contribution in [0.5, 0.6) is 0 Å². The Kier molecular flexibility index (Phi) is 4.44. The van der Waals surface area contributed by atoms with Crippen LogP contribution in [0.15, 0.2) is 0 Å². The molecule has 1 unspecified atom stereocenters. The van der Waals surface area contributed by atoms with Crippen molar-refractivity contribution in [3.8, 4) is 0 Å². The predicted molar refractivity (Wildman–Crippen MR) is 69.4 cm³/mol. The molecule has 0 radical (unpaired) electrons.